The van der Waals surface area contributed by atoms with Crippen LogP contribution in [0.1, 0.15) is 30.1 Å². The van der Waals surface area contributed by atoms with Crippen LogP contribution in [0.25, 0.3) is 0 Å². The van der Waals surface area contributed by atoms with E-state index in [2.05, 4.69) is 16.0 Å². The Balaban J connectivity index is 1.88. The molecule has 3 amide bonds. The van der Waals surface area contributed by atoms with E-state index in [4.69, 9.17) is 5.73 Å². The fraction of sp³-hybridized carbons (Fsp3) is 0.211. The van der Waals surface area contributed by atoms with Crippen LogP contribution in [0.5, 0.6) is 0 Å². The van der Waals surface area contributed by atoms with Crippen LogP contribution in [0.3, 0.4) is 0 Å². The zero-order valence-electron chi connectivity index (χ0n) is 14.5. The highest BCUT2D eigenvalue weighted by molar-refractivity contribution is 6.03. The largest absolute Gasteiger partial charge is 0.376 e. The van der Waals surface area contributed by atoms with Gasteiger partial charge in [0.2, 0.25) is 11.8 Å². The van der Waals surface area contributed by atoms with E-state index in [1.165, 1.54) is 0 Å². The molecule has 0 radical (unpaired) electrons. The molecule has 0 unspecified atom stereocenters. The number of primary amides is 1. The van der Waals surface area contributed by atoms with Gasteiger partial charge >= 0.3 is 0 Å². The Morgan fingerprint density at radius 1 is 0.885 bits per heavy atom. The van der Waals surface area contributed by atoms with E-state index in [1.54, 1.807) is 48.5 Å². The zero-order valence-corrected chi connectivity index (χ0v) is 14.5. The summed E-state index contributed by atoms with van der Waals surface area (Å²) in [5.41, 5.74) is 7.36. The maximum atomic E-state index is 12.1. The third kappa shape index (κ3) is 5.62. The Labute approximate surface area is 152 Å². The van der Waals surface area contributed by atoms with Gasteiger partial charge in [-0.3, -0.25) is 14.4 Å². The predicted octanol–water partition coefficient (Wildman–Crippen LogP) is 2.57. The van der Waals surface area contributed by atoms with Gasteiger partial charge in [0.05, 0.1) is 17.8 Å². The molecule has 0 aromatic heterocycles. The van der Waals surface area contributed by atoms with Gasteiger partial charge in [-0.25, -0.2) is 0 Å². The molecule has 0 aliphatic rings. The molecule has 0 spiro atoms. The number of carbonyl (C=O) groups is 3. The van der Waals surface area contributed by atoms with Crippen LogP contribution < -0.4 is 21.7 Å². The van der Waals surface area contributed by atoms with Gasteiger partial charge in [0, 0.05) is 17.8 Å². The summed E-state index contributed by atoms with van der Waals surface area (Å²) in [4.78, 5) is 35.0. The number of amides is 3. The number of para-hydroxylation sites is 1. The van der Waals surface area contributed by atoms with Crippen LogP contribution in [0, 0.1) is 0 Å². The Kier molecular flexibility index (Phi) is 6.73. The first-order valence-electron chi connectivity index (χ1n) is 8.32. The molecule has 0 saturated heterocycles. The summed E-state index contributed by atoms with van der Waals surface area (Å²) in [6.07, 6.45) is 1.27. The van der Waals surface area contributed by atoms with Crippen molar-refractivity contribution in [2.45, 2.75) is 19.8 Å². The van der Waals surface area contributed by atoms with Gasteiger partial charge in [-0.15, -0.1) is 0 Å². The molecule has 0 fully saturated rings. The molecule has 7 nitrogen and oxygen atoms in total. The van der Waals surface area contributed by atoms with Crippen molar-refractivity contribution in [3.8, 4) is 0 Å². The number of anilines is 3. The van der Waals surface area contributed by atoms with Crippen LogP contribution in [0.4, 0.5) is 17.1 Å². The minimum Gasteiger partial charge on any atom is -0.376 e. The smallest absolute Gasteiger partial charge is 0.250 e. The monoisotopic (exact) mass is 354 g/mol. The second-order valence-electron chi connectivity index (χ2n) is 5.69. The second kappa shape index (κ2) is 9.22. The topological polar surface area (TPSA) is 113 Å². The van der Waals surface area contributed by atoms with Gasteiger partial charge in [0.15, 0.2) is 0 Å². The van der Waals surface area contributed by atoms with E-state index in [-0.39, 0.29) is 23.9 Å². The van der Waals surface area contributed by atoms with Crippen molar-refractivity contribution >= 4 is 34.8 Å². The average Bonchev–Trinajstić information content (AvgIpc) is 2.61. The van der Waals surface area contributed by atoms with Crippen molar-refractivity contribution in [1.29, 1.82) is 0 Å². The van der Waals surface area contributed by atoms with Crippen molar-refractivity contribution in [2.24, 2.45) is 5.73 Å². The first-order valence-corrected chi connectivity index (χ1v) is 8.32. The highest BCUT2D eigenvalue weighted by atomic mass is 16.2. The number of hydrogen-bond donors (Lipinski definition) is 4. The lowest BCUT2D eigenvalue weighted by molar-refractivity contribution is -0.116. The zero-order chi connectivity index (χ0) is 18.9. The number of benzene rings is 2. The molecule has 0 saturated carbocycles. The van der Waals surface area contributed by atoms with Crippen LogP contribution in [-0.2, 0) is 9.59 Å². The molecule has 0 heterocycles. The molecule has 7 heteroatoms. The molecule has 26 heavy (non-hydrogen) atoms. The lowest BCUT2D eigenvalue weighted by Gasteiger charge is -2.11. The Morgan fingerprint density at radius 2 is 1.54 bits per heavy atom. The van der Waals surface area contributed by atoms with E-state index >= 15 is 0 Å². The number of nitrogens with two attached hydrogens (primary N) is 1. The van der Waals surface area contributed by atoms with Crippen LogP contribution in [0.15, 0.2) is 48.5 Å². The van der Waals surface area contributed by atoms with E-state index in [9.17, 15) is 14.4 Å². The molecule has 2 rings (SSSR count). The first kappa shape index (κ1) is 19.0. The lowest BCUT2D eigenvalue weighted by atomic mass is 10.1. The first-order chi connectivity index (χ1) is 12.5. The standard InChI is InChI=1S/C19H22N4O3/c1-2-5-17(24)22-14-10-8-13(9-11-14)21-12-18(25)23-16-7-4-3-6-15(16)19(20)26/h3-4,6-11,21H,2,5,12H2,1H3,(H2,20,26)(H,22,24)(H,23,25). The van der Waals surface area contributed by atoms with Crippen molar-refractivity contribution in [3.05, 3.63) is 54.1 Å². The van der Waals surface area contributed by atoms with E-state index in [1.807, 2.05) is 6.92 Å². The molecule has 0 atom stereocenters. The van der Waals surface area contributed by atoms with E-state index in [0.717, 1.165) is 12.1 Å². The molecule has 0 bridgehead atoms. The molecule has 2 aromatic carbocycles. The summed E-state index contributed by atoms with van der Waals surface area (Å²) in [5.74, 6) is -0.936. The summed E-state index contributed by atoms with van der Waals surface area (Å²) in [6, 6.07) is 13.6. The van der Waals surface area contributed by atoms with Crippen LogP contribution in [-0.4, -0.2) is 24.3 Å². The van der Waals surface area contributed by atoms with Crippen molar-refractivity contribution in [2.75, 3.05) is 22.5 Å². The van der Waals surface area contributed by atoms with Crippen LogP contribution >= 0.6 is 0 Å². The maximum absolute atomic E-state index is 12.1. The number of rotatable bonds is 8. The minimum atomic E-state index is -0.602. The van der Waals surface area contributed by atoms with Gasteiger partial charge in [0.25, 0.3) is 5.91 Å². The van der Waals surface area contributed by atoms with Gasteiger partial charge < -0.3 is 21.7 Å². The molecule has 2 aromatic rings. The summed E-state index contributed by atoms with van der Waals surface area (Å²) < 4.78 is 0. The molecule has 5 N–H and O–H groups in total. The highest BCUT2D eigenvalue weighted by Crippen LogP contribution is 2.15. The van der Waals surface area contributed by atoms with E-state index in [0.29, 0.717) is 17.8 Å². The normalized spacial score (nSPS) is 10.0. The number of nitrogens with one attached hydrogen (secondary N) is 3. The third-order valence-corrected chi connectivity index (χ3v) is 3.57. The summed E-state index contributed by atoms with van der Waals surface area (Å²) in [6.45, 7) is 1.97. The number of hydrogen-bond acceptors (Lipinski definition) is 4. The predicted molar refractivity (Wildman–Crippen MR) is 102 cm³/mol. The summed E-state index contributed by atoms with van der Waals surface area (Å²) in [7, 11) is 0. The van der Waals surface area contributed by atoms with Crippen molar-refractivity contribution < 1.29 is 14.4 Å². The molecule has 0 aliphatic heterocycles. The fourth-order valence-corrected chi connectivity index (χ4v) is 2.31. The summed E-state index contributed by atoms with van der Waals surface area (Å²) in [5, 5.41) is 8.43. The van der Waals surface area contributed by atoms with E-state index < -0.39 is 5.91 Å². The summed E-state index contributed by atoms with van der Waals surface area (Å²) >= 11 is 0. The van der Waals surface area contributed by atoms with Gasteiger partial charge in [-0.05, 0) is 42.8 Å². The molecule has 0 aliphatic carbocycles. The Bertz CT molecular complexity index is 788. The highest BCUT2D eigenvalue weighted by Gasteiger charge is 2.10. The lowest BCUT2D eigenvalue weighted by Crippen LogP contribution is -2.24. The van der Waals surface area contributed by atoms with Crippen molar-refractivity contribution in [3.63, 3.8) is 0 Å². The molecule has 136 valence electrons. The molecular weight excluding hydrogens is 332 g/mol. The van der Waals surface area contributed by atoms with Gasteiger partial charge in [-0.2, -0.15) is 0 Å². The average molecular weight is 354 g/mol. The quantitative estimate of drug-likeness (QED) is 0.583. The van der Waals surface area contributed by atoms with Crippen LogP contribution in [0.2, 0.25) is 0 Å². The maximum Gasteiger partial charge on any atom is 0.250 e. The Morgan fingerprint density at radius 3 is 2.19 bits per heavy atom. The second-order valence-corrected chi connectivity index (χ2v) is 5.69. The molecular formula is C19H22N4O3. The van der Waals surface area contributed by atoms with Gasteiger partial charge in [0.1, 0.15) is 0 Å². The SMILES string of the molecule is CCCC(=O)Nc1ccc(NCC(=O)Nc2ccccc2C(N)=O)cc1. The Hall–Kier alpha value is -3.35. The fourth-order valence-electron chi connectivity index (χ4n) is 2.31. The third-order valence-electron chi connectivity index (χ3n) is 3.57. The minimum absolute atomic E-state index is 0.0225. The number of carbonyl (C=O) groups excluding carboxylic acids is 3. The van der Waals surface area contributed by atoms with Gasteiger partial charge in [-0.1, -0.05) is 19.1 Å². The van der Waals surface area contributed by atoms with Crippen molar-refractivity contribution in [1.82, 2.24) is 0 Å².